The van der Waals surface area contributed by atoms with Crippen LogP contribution < -0.4 is 10.1 Å². The van der Waals surface area contributed by atoms with Crippen LogP contribution in [0.5, 0.6) is 5.75 Å². The van der Waals surface area contributed by atoms with E-state index in [1.807, 2.05) is 5.32 Å². The van der Waals surface area contributed by atoms with Gasteiger partial charge in [-0.15, -0.1) is 0 Å². The van der Waals surface area contributed by atoms with Gasteiger partial charge in [-0.05, 0) is 36.0 Å². The fraction of sp³-hybridized carbons (Fsp3) is 0.278. The van der Waals surface area contributed by atoms with E-state index in [4.69, 9.17) is 4.74 Å². The van der Waals surface area contributed by atoms with E-state index in [9.17, 15) is 67.2 Å². The number of hydrogen-bond acceptors (Lipinski definition) is 7. The molecule has 0 saturated carbocycles. The molecule has 0 spiro atoms. The Bertz CT molecular complexity index is 1330. The summed E-state index contributed by atoms with van der Waals surface area (Å²) in [5.41, 5.74) is -6.62. The van der Waals surface area contributed by atoms with E-state index in [2.05, 4.69) is 0 Å². The predicted molar refractivity (Wildman–Crippen MR) is 109 cm³/mol. The number of nitro groups is 1. The van der Waals surface area contributed by atoms with Crippen LogP contribution in [-0.4, -0.2) is 48.7 Å². The molecule has 20 heteroatoms. The van der Waals surface area contributed by atoms with Gasteiger partial charge in [0.05, 0.1) is 15.5 Å². The molecule has 1 amide bonds. The maximum atomic E-state index is 13.8. The summed E-state index contributed by atoms with van der Waals surface area (Å²) < 4.78 is 158. The molecule has 0 radical (unpaired) electrons. The Morgan fingerprint density at radius 2 is 1.55 bits per heavy atom. The topological polar surface area (TPSA) is 116 Å². The molecule has 0 aliphatic heterocycles. The molecular weight excluding hydrogens is 594 g/mol. The molecule has 2 rings (SSSR count). The van der Waals surface area contributed by atoms with E-state index in [1.165, 1.54) is 12.1 Å². The number of carbonyl (C=O) groups is 1. The smallest absolute Gasteiger partial charge is 0.461 e. The van der Waals surface area contributed by atoms with Crippen LogP contribution in [0, 0.1) is 10.1 Å². The first-order valence-electron chi connectivity index (χ1n) is 9.24. The maximum absolute atomic E-state index is 13.8. The van der Waals surface area contributed by atoms with Crippen molar-refractivity contribution < 1.29 is 66.8 Å². The lowest BCUT2D eigenvalue weighted by atomic mass is 10.3. The highest BCUT2D eigenvalue weighted by Gasteiger charge is 2.78. The first-order chi connectivity index (χ1) is 17.1. The Hall–Kier alpha value is -3.29. The number of nitro benzene ring substituents is 1. The van der Waals surface area contributed by atoms with Crippen molar-refractivity contribution in [1.29, 1.82) is 0 Å². The van der Waals surface area contributed by atoms with E-state index in [0.717, 1.165) is 12.1 Å². The van der Waals surface area contributed by atoms with Crippen LogP contribution in [-0.2, 0) is 14.6 Å². The zero-order chi connectivity index (χ0) is 29.3. The van der Waals surface area contributed by atoms with Gasteiger partial charge in [0.1, 0.15) is 0 Å². The van der Waals surface area contributed by atoms with E-state index in [1.54, 1.807) is 0 Å². The molecule has 0 atom stereocenters. The Morgan fingerprint density at radius 1 is 0.974 bits per heavy atom. The van der Waals surface area contributed by atoms with E-state index in [0.29, 0.717) is 0 Å². The van der Waals surface area contributed by atoms with Crippen molar-refractivity contribution in [1.82, 2.24) is 0 Å². The number of carbonyl (C=O) groups excluding carboxylic acids is 1. The fourth-order valence-corrected chi connectivity index (χ4v) is 4.41. The Labute approximate surface area is 209 Å². The third-order valence-electron chi connectivity index (χ3n) is 4.24. The molecule has 210 valence electrons. The number of anilines is 1. The second-order valence-electron chi connectivity index (χ2n) is 6.86. The monoisotopic (exact) mass is 604 g/mol. The molecule has 0 heterocycles. The Kier molecular flexibility index (Phi) is 8.52. The third-order valence-corrected chi connectivity index (χ3v) is 6.86. The van der Waals surface area contributed by atoms with Crippen LogP contribution in [0.4, 0.5) is 55.3 Å². The number of rotatable bonds is 9. The Balaban J connectivity index is 2.31. The van der Waals surface area contributed by atoms with Gasteiger partial charge in [-0.1, -0.05) is 12.1 Å². The molecule has 0 aromatic heterocycles. The highest BCUT2D eigenvalue weighted by molar-refractivity contribution is 8.00. The average Bonchev–Trinajstić information content (AvgIpc) is 2.76. The third kappa shape index (κ3) is 6.40. The van der Waals surface area contributed by atoms with Crippen LogP contribution in [0.3, 0.4) is 0 Å². The van der Waals surface area contributed by atoms with Crippen molar-refractivity contribution in [3.05, 3.63) is 52.6 Å². The van der Waals surface area contributed by atoms with Crippen molar-refractivity contribution in [2.75, 3.05) is 11.9 Å². The number of amides is 1. The largest absolute Gasteiger partial charge is 0.477 e. The second kappa shape index (κ2) is 10.5. The minimum atomic E-state index is -7.08. The van der Waals surface area contributed by atoms with Gasteiger partial charge in [0.25, 0.3) is 15.7 Å². The first kappa shape index (κ1) is 30.9. The van der Waals surface area contributed by atoms with Gasteiger partial charge >= 0.3 is 28.5 Å². The van der Waals surface area contributed by atoms with Gasteiger partial charge in [-0.2, -0.15) is 43.9 Å². The summed E-state index contributed by atoms with van der Waals surface area (Å²) in [6.07, 6.45) is -7.01. The number of halogens is 10. The quantitative estimate of drug-likeness (QED) is 0.167. The normalized spacial score (nSPS) is 13.2. The number of thioether (sulfide) groups is 1. The molecule has 0 fully saturated rings. The molecule has 0 bridgehead atoms. The number of hydrogen-bond donors (Lipinski definition) is 1. The van der Waals surface area contributed by atoms with Gasteiger partial charge in [0.15, 0.2) is 12.4 Å². The standard InChI is InChI=1S/C18H10F10N2O6S2/c19-15(20,16(21,22)23)17(24,25)38(34,35)9-5-6-12(11(7-9)30(32)33)36-8-14(31)29-10-3-1-2-4-13(10)37-18(26,27)28/h1-7H,8H2,(H,29,31). The predicted octanol–water partition coefficient (Wildman–Crippen LogP) is 5.79. The number of sulfone groups is 1. The summed E-state index contributed by atoms with van der Waals surface area (Å²) >= 11 is -0.588. The molecule has 0 aliphatic rings. The fourth-order valence-electron chi connectivity index (χ4n) is 2.52. The first-order valence-corrected chi connectivity index (χ1v) is 11.5. The van der Waals surface area contributed by atoms with Crippen LogP contribution >= 0.6 is 11.8 Å². The maximum Gasteiger partial charge on any atom is 0.461 e. The number of benzene rings is 2. The number of nitrogens with one attached hydrogen (secondary N) is 1. The van der Waals surface area contributed by atoms with E-state index < -0.39 is 83.1 Å². The lowest BCUT2D eigenvalue weighted by Crippen LogP contribution is -2.55. The molecule has 38 heavy (non-hydrogen) atoms. The number of ether oxygens (including phenoxy) is 1. The van der Waals surface area contributed by atoms with Crippen LogP contribution in [0.25, 0.3) is 0 Å². The van der Waals surface area contributed by atoms with Crippen molar-refractivity contribution in [3.63, 3.8) is 0 Å². The van der Waals surface area contributed by atoms with Crippen molar-refractivity contribution in [3.8, 4) is 5.75 Å². The minimum absolute atomic E-state index is 0.00872. The van der Waals surface area contributed by atoms with E-state index in [-0.39, 0.29) is 23.9 Å². The zero-order valence-electron chi connectivity index (χ0n) is 17.7. The highest BCUT2D eigenvalue weighted by atomic mass is 32.2. The minimum Gasteiger partial charge on any atom is -0.477 e. The number of alkyl halides is 10. The number of para-hydroxylation sites is 1. The molecular formula is C18H10F10N2O6S2. The average molecular weight is 604 g/mol. The number of nitrogens with zero attached hydrogens (tertiary/aromatic N) is 1. The van der Waals surface area contributed by atoms with Crippen molar-refractivity contribution >= 4 is 38.9 Å². The Morgan fingerprint density at radius 3 is 2.08 bits per heavy atom. The van der Waals surface area contributed by atoms with Gasteiger partial charge in [-0.25, -0.2) is 8.42 Å². The summed E-state index contributed by atoms with van der Waals surface area (Å²) in [7, 11) is -6.88. The second-order valence-corrected chi connectivity index (χ2v) is 9.96. The SMILES string of the molecule is O=C(COc1ccc(S(=O)(=O)C(F)(F)C(F)(F)C(F)(F)F)cc1[N+](=O)[O-])Nc1ccccc1SC(F)(F)F. The molecule has 1 N–H and O–H groups in total. The van der Waals surface area contributed by atoms with Gasteiger partial charge in [0.2, 0.25) is 0 Å². The van der Waals surface area contributed by atoms with Crippen LogP contribution in [0.2, 0.25) is 0 Å². The summed E-state index contributed by atoms with van der Waals surface area (Å²) in [5.74, 6) is -9.31. The summed E-state index contributed by atoms with van der Waals surface area (Å²) in [6.45, 7) is -1.18. The molecule has 0 saturated heterocycles. The van der Waals surface area contributed by atoms with E-state index >= 15 is 0 Å². The van der Waals surface area contributed by atoms with Crippen molar-refractivity contribution in [2.24, 2.45) is 0 Å². The lowest BCUT2D eigenvalue weighted by molar-refractivity contribution is -0.386. The molecule has 0 aliphatic carbocycles. The van der Waals surface area contributed by atoms with Crippen LogP contribution in [0.15, 0.2) is 52.3 Å². The summed E-state index contributed by atoms with van der Waals surface area (Å²) in [5, 5.41) is 6.44. The van der Waals surface area contributed by atoms with Crippen molar-refractivity contribution in [2.45, 2.75) is 32.7 Å². The molecule has 2 aromatic rings. The molecule has 0 unspecified atom stereocenters. The highest BCUT2D eigenvalue weighted by Crippen LogP contribution is 2.51. The summed E-state index contributed by atoms with van der Waals surface area (Å²) in [6, 6.07) is 4.45. The molecule has 8 nitrogen and oxygen atoms in total. The summed E-state index contributed by atoms with van der Waals surface area (Å²) in [4.78, 5) is 19.3. The molecule has 2 aromatic carbocycles. The van der Waals surface area contributed by atoms with Gasteiger partial charge < -0.3 is 10.1 Å². The van der Waals surface area contributed by atoms with Gasteiger partial charge in [0, 0.05) is 11.0 Å². The van der Waals surface area contributed by atoms with Gasteiger partial charge in [-0.3, -0.25) is 14.9 Å². The zero-order valence-corrected chi connectivity index (χ0v) is 19.4. The lowest BCUT2D eigenvalue weighted by Gasteiger charge is -2.27. The van der Waals surface area contributed by atoms with Crippen LogP contribution in [0.1, 0.15) is 0 Å².